The third-order valence-electron chi connectivity index (χ3n) is 2.10. The summed E-state index contributed by atoms with van der Waals surface area (Å²) in [6.45, 7) is 0. The zero-order valence-electron chi connectivity index (χ0n) is 8.67. The summed E-state index contributed by atoms with van der Waals surface area (Å²) in [6, 6.07) is 0. The van der Waals surface area contributed by atoms with E-state index in [1.54, 1.807) is 46.6 Å². The van der Waals surface area contributed by atoms with E-state index in [4.69, 9.17) is 5.73 Å². The number of imidazole rings is 2. The van der Waals surface area contributed by atoms with Crippen molar-refractivity contribution in [2.24, 2.45) is 0 Å². The van der Waals surface area contributed by atoms with E-state index < -0.39 is 0 Å². The van der Waals surface area contributed by atoms with Crippen LogP contribution >= 0.6 is 0 Å². The van der Waals surface area contributed by atoms with Gasteiger partial charge in [0.25, 0.3) is 0 Å². The van der Waals surface area contributed by atoms with Crippen molar-refractivity contribution in [2.45, 2.75) is 0 Å². The van der Waals surface area contributed by atoms with E-state index in [0.717, 1.165) is 0 Å². The second kappa shape index (κ2) is 3.67. The molecule has 3 aromatic rings. The number of nitrogens with zero attached hydrogens (tertiary/aromatic N) is 7. The van der Waals surface area contributed by atoms with Crippen molar-refractivity contribution in [3.8, 4) is 11.9 Å². The molecule has 0 aliphatic heterocycles. The average Bonchev–Trinajstić information content (AvgIpc) is 3.02. The molecule has 3 heterocycles. The SMILES string of the molecule is Nc1nc(-n2ccnc2)nc(-n2ccnc2)n1. The monoisotopic (exact) mass is 228 g/mol. The lowest BCUT2D eigenvalue weighted by Gasteiger charge is -2.04. The van der Waals surface area contributed by atoms with Gasteiger partial charge >= 0.3 is 0 Å². The fourth-order valence-corrected chi connectivity index (χ4v) is 1.36. The molecule has 3 aromatic heterocycles. The highest BCUT2D eigenvalue weighted by Crippen LogP contribution is 2.06. The molecular weight excluding hydrogens is 220 g/mol. The number of nitrogen functional groups attached to an aromatic ring is 1. The number of rotatable bonds is 2. The maximum Gasteiger partial charge on any atom is 0.241 e. The van der Waals surface area contributed by atoms with E-state index in [1.807, 2.05) is 0 Å². The van der Waals surface area contributed by atoms with Crippen LogP contribution in [-0.2, 0) is 0 Å². The minimum atomic E-state index is 0.146. The van der Waals surface area contributed by atoms with Gasteiger partial charge in [-0.05, 0) is 0 Å². The number of nitrogens with two attached hydrogens (primary N) is 1. The molecule has 0 spiro atoms. The fourth-order valence-electron chi connectivity index (χ4n) is 1.36. The van der Waals surface area contributed by atoms with Crippen LogP contribution in [0, 0.1) is 0 Å². The van der Waals surface area contributed by atoms with Crippen LogP contribution in [0.4, 0.5) is 5.95 Å². The lowest BCUT2D eigenvalue weighted by molar-refractivity contribution is 0.844. The van der Waals surface area contributed by atoms with Crippen LogP contribution in [0.3, 0.4) is 0 Å². The highest BCUT2D eigenvalue weighted by Gasteiger charge is 2.07. The molecule has 8 nitrogen and oxygen atoms in total. The summed E-state index contributed by atoms with van der Waals surface area (Å²) >= 11 is 0. The van der Waals surface area contributed by atoms with E-state index in [0.29, 0.717) is 11.9 Å². The second-order valence-electron chi connectivity index (χ2n) is 3.23. The number of anilines is 1. The largest absolute Gasteiger partial charge is 0.368 e. The molecule has 0 unspecified atom stereocenters. The van der Waals surface area contributed by atoms with Crippen molar-refractivity contribution in [3.05, 3.63) is 37.4 Å². The molecule has 0 amide bonds. The molecule has 0 saturated heterocycles. The Bertz CT molecular complexity index is 560. The summed E-state index contributed by atoms with van der Waals surface area (Å²) in [6.07, 6.45) is 9.91. The van der Waals surface area contributed by atoms with Gasteiger partial charge in [-0.15, -0.1) is 0 Å². The Morgan fingerprint density at radius 1 is 0.824 bits per heavy atom. The van der Waals surface area contributed by atoms with E-state index in [-0.39, 0.29) is 5.95 Å². The molecule has 0 radical (unpaired) electrons. The van der Waals surface area contributed by atoms with Gasteiger partial charge in [0.1, 0.15) is 12.7 Å². The van der Waals surface area contributed by atoms with Gasteiger partial charge in [-0.25, -0.2) is 9.97 Å². The average molecular weight is 228 g/mol. The zero-order valence-corrected chi connectivity index (χ0v) is 8.67. The Labute approximate surface area is 95.8 Å². The topological polar surface area (TPSA) is 100 Å². The van der Waals surface area contributed by atoms with Crippen LogP contribution in [0.5, 0.6) is 0 Å². The molecule has 0 saturated carbocycles. The summed E-state index contributed by atoms with van der Waals surface area (Å²) in [5.41, 5.74) is 5.64. The maximum atomic E-state index is 5.64. The molecule has 0 aliphatic carbocycles. The lowest BCUT2D eigenvalue weighted by atomic mass is 10.7. The first kappa shape index (κ1) is 9.46. The van der Waals surface area contributed by atoms with Gasteiger partial charge in [-0.2, -0.15) is 15.0 Å². The summed E-state index contributed by atoms with van der Waals surface area (Å²) in [4.78, 5) is 20.2. The quantitative estimate of drug-likeness (QED) is 0.653. The van der Waals surface area contributed by atoms with Gasteiger partial charge < -0.3 is 5.73 Å². The first-order valence-electron chi connectivity index (χ1n) is 4.81. The Morgan fingerprint density at radius 3 is 1.76 bits per heavy atom. The van der Waals surface area contributed by atoms with Gasteiger partial charge in [0.05, 0.1) is 0 Å². The number of hydrogen-bond donors (Lipinski definition) is 1. The van der Waals surface area contributed by atoms with E-state index in [2.05, 4.69) is 24.9 Å². The maximum absolute atomic E-state index is 5.64. The molecule has 0 fully saturated rings. The van der Waals surface area contributed by atoms with Crippen LogP contribution < -0.4 is 5.73 Å². The molecule has 8 heteroatoms. The molecule has 3 rings (SSSR count). The number of aromatic nitrogens is 7. The first-order valence-corrected chi connectivity index (χ1v) is 4.81. The highest BCUT2D eigenvalue weighted by atomic mass is 15.3. The smallest absolute Gasteiger partial charge is 0.241 e. The molecule has 0 aromatic carbocycles. The molecule has 0 bridgehead atoms. The van der Waals surface area contributed by atoms with Crippen molar-refractivity contribution >= 4 is 5.95 Å². The van der Waals surface area contributed by atoms with Gasteiger partial charge in [0.15, 0.2) is 0 Å². The van der Waals surface area contributed by atoms with Crippen molar-refractivity contribution in [1.29, 1.82) is 0 Å². The Kier molecular flexibility index (Phi) is 2.04. The first-order chi connectivity index (χ1) is 8.33. The summed E-state index contributed by atoms with van der Waals surface area (Å²) in [5, 5.41) is 0. The standard InChI is InChI=1S/C9H8N8/c10-7-13-8(16-3-1-11-5-16)15-9(14-7)17-4-2-12-6-17/h1-6H,(H2,10,13,14,15). The van der Waals surface area contributed by atoms with Crippen molar-refractivity contribution < 1.29 is 0 Å². The Hall–Kier alpha value is -2.77. The lowest BCUT2D eigenvalue weighted by Crippen LogP contribution is -2.09. The minimum Gasteiger partial charge on any atom is -0.368 e. The molecule has 17 heavy (non-hydrogen) atoms. The predicted molar refractivity (Wildman–Crippen MR) is 58.5 cm³/mol. The normalized spacial score (nSPS) is 10.6. The minimum absolute atomic E-state index is 0.146. The second-order valence-corrected chi connectivity index (χ2v) is 3.23. The van der Waals surface area contributed by atoms with Gasteiger partial charge in [-0.1, -0.05) is 0 Å². The molecular formula is C9H8N8. The van der Waals surface area contributed by atoms with Crippen LogP contribution in [0.2, 0.25) is 0 Å². The Balaban J connectivity index is 2.13. The van der Waals surface area contributed by atoms with Crippen molar-refractivity contribution in [3.63, 3.8) is 0 Å². The summed E-state index contributed by atoms with van der Waals surface area (Å²) in [7, 11) is 0. The van der Waals surface area contributed by atoms with Crippen molar-refractivity contribution in [1.82, 2.24) is 34.1 Å². The zero-order chi connectivity index (χ0) is 11.7. The summed E-state index contributed by atoms with van der Waals surface area (Å²) < 4.78 is 3.30. The van der Waals surface area contributed by atoms with Crippen molar-refractivity contribution in [2.75, 3.05) is 5.73 Å². The highest BCUT2D eigenvalue weighted by molar-refractivity contribution is 5.28. The van der Waals surface area contributed by atoms with Crippen LogP contribution in [0.15, 0.2) is 37.4 Å². The van der Waals surface area contributed by atoms with E-state index in [1.165, 1.54) is 0 Å². The molecule has 84 valence electrons. The van der Waals surface area contributed by atoms with E-state index in [9.17, 15) is 0 Å². The third kappa shape index (κ3) is 1.71. The van der Waals surface area contributed by atoms with Gasteiger partial charge in [-0.3, -0.25) is 9.13 Å². The van der Waals surface area contributed by atoms with Gasteiger partial charge in [0, 0.05) is 24.8 Å². The number of hydrogen-bond acceptors (Lipinski definition) is 6. The molecule has 0 atom stereocenters. The fraction of sp³-hybridized carbons (Fsp3) is 0. The van der Waals surface area contributed by atoms with Crippen LogP contribution in [0.25, 0.3) is 11.9 Å². The molecule has 0 aliphatic rings. The summed E-state index contributed by atoms with van der Waals surface area (Å²) in [5.74, 6) is 0.977. The Morgan fingerprint density at radius 2 is 1.35 bits per heavy atom. The van der Waals surface area contributed by atoms with Crippen LogP contribution in [-0.4, -0.2) is 34.1 Å². The molecule has 2 N–H and O–H groups in total. The van der Waals surface area contributed by atoms with E-state index >= 15 is 0 Å². The third-order valence-corrected chi connectivity index (χ3v) is 2.10. The predicted octanol–water partition coefficient (Wildman–Crippen LogP) is -0.175. The van der Waals surface area contributed by atoms with Gasteiger partial charge in [0.2, 0.25) is 17.8 Å². The van der Waals surface area contributed by atoms with Crippen LogP contribution in [0.1, 0.15) is 0 Å².